The number of hydrogen-bond acceptors (Lipinski definition) is 3. The monoisotopic (exact) mass is 324 g/mol. The van der Waals surface area contributed by atoms with Gasteiger partial charge in [-0.15, -0.1) is 0 Å². The molecule has 1 aromatic heterocycles. The van der Waals surface area contributed by atoms with E-state index in [0.717, 1.165) is 50.1 Å². The molecule has 1 aromatic carbocycles. The fourth-order valence-electron chi connectivity index (χ4n) is 3.89. The highest BCUT2D eigenvalue weighted by Gasteiger charge is 2.32. The Kier molecular flexibility index (Phi) is 3.88. The van der Waals surface area contributed by atoms with Crippen LogP contribution in [0.15, 0.2) is 24.3 Å². The van der Waals surface area contributed by atoms with Crippen LogP contribution in [0.5, 0.6) is 0 Å². The number of piperazine rings is 1. The molecule has 1 aliphatic carbocycles. The Morgan fingerprint density at radius 3 is 2.92 bits per heavy atom. The van der Waals surface area contributed by atoms with Crippen LogP contribution in [0.3, 0.4) is 0 Å². The van der Waals surface area contributed by atoms with E-state index in [9.17, 15) is 4.79 Å². The predicted octanol–water partition coefficient (Wildman–Crippen LogP) is 2.10. The number of benzene rings is 1. The van der Waals surface area contributed by atoms with Crippen molar-refractivity contribution in [3.8, 4) is 5.69 Å². The summed E-state index contributed by atoms with van der Waals surface area (Å²) in [5.41, 5.74) is 5.32. The zero-order valence-corrected chi connectivity index (χ0v) is 14.4. The molecule has 2 heterocycles. The minimum atomic E-state index is 0.0921. The highest BCUT2D eigenvalue weighted by molar-refractivity contribution is 5.94. The number of rotatable bonds is 2. The molecular weight excluding hydrogens is 300 g/mol. The standard InChI is InChI=1S/C19H24N4O/c1-13-6-3-4-8-16(13)23-17-9-5-7-15(17)18(21-23)19(24)22-11-10-20-12-14(22)2/h3-4,6,8,14,20H,5,7,9-12H2,1-2H3/t14-/m0/s1. The van der Waals surface area contributed by atoms with Crippen molar-refractivity contribution in [1.82, 2.24) is 20.0 Å². The summed E-state index contributed by atoms with van der Waals surface area (Å²) in [7, 11) is 0. The molecule has 126 valence electrons. The van der Waals surface area contributed by atoms with E-state index in [-0.39, 0.29) is 11.9 Å². The van der Waals surface area contributed by atoms with Crippen molar-refractivity contribution in [2.45, 2.75) is 39.2 Å². The molecule has 1 aliphatic heterocycles. The Morgan fingerprint density at radius 2 is 2.12 bits per heavy atom. The van der Waals surface area contributed by atoms with Crippen molar-refractivity contribution in [2.75, 3.05) is 19.6 Å². The number of para-hydroxylation sites is 1. The van der Waals surface area contributed by atoms with Crippen molar-refractivity contribution in [3.05, 3.63) is 46.8 Å². The van der Waals surface area contributed by atoms with E-state index in [4.69, 9.17) is 5.10 Å². The molecule has 1 amide bonds. The lowest BCUT2D eigenvalue weighted by molar-refractivity contribution is 0.0648. The first kappa shape index (κ1) is 15.4. The number of nitrogens with zero attached hydrogens (tertiary/aromatic N) is 3. The maximum absolute atomic E-state index is 13.1. The van der Waals surface area contributed by atoms with E-state index < -0.39 is 0 Å². The summed E-state index contributed by atoms with van der Waals surface area (Å²) in [4.78, 5) is 15.1. The predicted molar refractivity (Wildman–Crippen MR) is 93.7 cm³/mol. The Balaban J connectivity index is 1.76. The van der Waals surface area contributed by atoms with Crippen LogP contribution in [-0.2, 0) is 12.8 Å². The maximum Gasteiger partial charge on any atom is 0.274 e. The van der Waals surface area contributed by atoms with Crippen molar-refractivity contribution in [1.29, 1.82) is 0 Å². The molecule has 2 aromatic rings. The van der Waals surface area contributed by atoms with Gasteiger partial charge >= 0.3 is 0 Å². The molecule has 1 atom stereocenters. The van der Waals surface area contributed by atoms with Crippen molar-refractivity contribution < 1.29 is 4.79 Å². The number of amides is 1. The third kappa shape index (κ3) is 2.44. The quantitative estimate of drug-likeness (QED) is 0.920. The molecule has 0 unspecified atom stereocenters. The average molecular weight is 324 g/mol. The first-order valence-electron chi connectivity index (χ1n) is 8.85. The van der Waals surface area contributed by atoms with Crippen LogP contribution in [-0.4, -0.2) is 46.3 Å². The maximum atomic E-state index is 13.1. The van der Waals surface area contributed by atoms with Gasteiger partial charge in [0.15, 0.2) is 5.69 Å². The van der Waals surface area contributed by atoms with E-state index in [1.807, 2.05) is 21.7 Å². The summed E-state index contributed by atoms with van der Waals surface area (Å²) in [6.45, 7) is 6.66. The smallest absolute Gasteiger partial charge is 0.274 e. The molecule has 0 bridgehead atoms. The van der Waals surface area contributed by atoms with E-state index >= 15 is 0 Å². The molecular formula is C19H24N4O. The normalized spacial score (nSPS) is 20.2. The summed E-state index contributed by atoms with van der Waals surface area (Å²) >= 11 is 0. The Bertz CT molecular complexity index is 780. The van der Waals surface area contributed by atoms with Crippen LogP contribution in [0.25, 0.3) is 5.69 Å². The second-order valence-electron chi connectivity index (χ2n) is 6.88. The first-order valence-corrected chi connectivity index (χ1v) is 8.85. The molecule has 4 rings (SSSR count). The number of carbonyl (C=O) groups excluding carboxylic acids is 1. The van der Waals surface area contributed by atoms with E-state index in [1.54, 1.807) is 0 Å². The summed E-state index contributed by atoms with van der Waals surface area (Å²) in [6, 6.07) is 8.47. The highest BCUT2D eigenvalue weighted by Crippen LogP contribution is 2.29. The first-order chi connectivity index (χ1) is 11.7. The summed E-state index contributed by atoms with van der Waals surface area (Å²) in [5, 5.41) is 8.12. The number of nitrogens with one attached hydrogen (secondary N) is 1. The molecule has 5 heteroatoms. The minimum Gasteiger partial charge on any atom is -0.332 e. The molecule has 2 aliphatic rings. The van der Waals surface area contributed by atoms with Crippen molar-refractivity contribution in [2.24, 2.45) is 0 Å². The Labute approximate surface area is 142 Å². The van der Waals surface area contributed by atoms with Gasteiger partial charge in [0.25, 0.3) is 5.91 Å². The van der Waals surface area contributed by atoms with Crippen LogP contribution in [0.2, 0.25) is 0 Å². The molecule has 1 N–H and O–H groups in total. The van der Waals surface area contributed by atoms with Gasteiger partial charge in [-0.25, -0.2) is 4.68 Å². The van der Waals surface area contributed by atoms with Crippen LogP contribution in [0, 0.1) is 6.92 Å². The molecule has 5 nitrogen and oxygen atoms in total. The van der Waals surface area contributed by atoms with Gasteiger partial charge in [-0.3, -0.25) is 4.79 Å². The third-order valence-electron chi connectivity index (χ3n) is 5.24. The molecule has 24 heavy (non-hydrogen) atoms. The molecule has 0 saturated carbocycles. The second kappa shape index (κ2) is 6.06. The average Bonchev–Trinajstić information content (AvgIpc) is 3.18. The van der Waals surface area contributed by atoms with Crippen LogP contribution >= 0.6 is 0 Å². The fraction of sp³-hybridized carbons (Fsp3) is 0.474. The Morgan fingerprint density at radius 1 is 1.29 bits per heavy atom. The second-order valence-corrected chi connectivity index (χ2v) is 6.88. The summed E-state index contributed by atoms with van der Waals surface area (Å²) in [6.07, 6.45) is 3.07. The number of fused-ring (bicyclic) bond motifs is 1. The van der Waals surface area contributed by atoms with Crippen LogP contribution in [0.4, 0.5) is 0 Å². The Hall–Kier alpha value is -2.14. The SMILES string of the molecule is Cc1ccccc1-n1nc(C(=O)N2CCNC[C@@H]2C)c2c1CCC2. The molecule has 1 saturated heterocycles. The highest BCUT2D eigenvalue weighted by atomic mass is 16.2. The largest absolute Gasteiger partial charge is 0.332 e. The third-order valence-corrected chi connectivity index (χ3v) is 5.24. The van der Waals surface area contributed by atoms with Crippen LogP contribution < -0.4 is 5.32 Å². The zero-order valence-electron chi connectivity index (χ0n) is 14.4. The van der Waals surface area contributed by atoms with Gasteiger partial charge < -0.3 is 10.2 Å². The molecule has 1 fully saturated rings. The lowest BCUT2D eigenvalue weighted by Crippen LogP contribution is -2.52. The number of aryl methyl sites for hydroxylation is 1. The van der Waals surface area contributed by atoms with Gasteiger partial charge in [-0.1, -0.05) is 18.2 Å². The fourth-order valence-corrected chi connectivity index (χ4v) is 3.89. The van der Waals surface area contributed by atoms with E-state index in [0.29, 0.717) is 5.69 Å². The van der Waals surface area contributed by atoms with Crippen molar-refractivity contribution >= 4 is 5.91 Å². The van der Waals surface area contributed by atoms with Gasteiger partial charge in [0, 0.05) is 36.9 Å². The molecule has 0 spiro atoms. The van der Waals surface area contributed by atoms with E-state index in [2.05, 4.69) is 31.3 Å². The van der Waals surface area contributed by atoms with Gasteiger partial charge in [-0.2, -0.15) is 5.10 Å². The lowest BCUT2D eigenvalue weighted by atomic mass is 10.1. The number of hydrogen-bond donors (Lipinski definition) is 1. The summed E-state index contributed by atoms with van der Waals surface area (Å²) in [5.74, 6) is 0.0921. The van der Waals surface area contributed by atoms with Crippen LogP contribution in [0.1, 0.15) is 40.7 Å². The lowest BCUT2D eigenvalue weighted by Gasteiger charge is -2.33. The summed E-state index contributed by atoms with van der Waals surface area (Å²) < 4.78 is 2.01. The van der Waals surface area contributed by atoms with Gasteiger partial charge in [-0.05, 0) is 44.7 Å². The molecule has 0 radical (unpaired) electrons. The van der Waals surface area contributed by atoms with Crippen molar-refractivity contribution in [3.63, 3.8) is 0 Å². The van der Waals surface area contributed by atoms with Gasteiger partial charge in [0.2, 0.25) is 0 Å². The zero-order chi connectivity index (χ0) is 16.7. The van der Waals surface area contributed by atoms with E-state index in [1.165, 1.54) is 11.3 Å². The number of carbonyl (C=O) groups is 1. The van der Waals surface area contributed by atoms with Gasteiger partial charge in [0.05, 0.1) is 5.69 Å². The number of aromatic nitrogens is 2. The minimum absolute atomic E-state index is 0.0921. The van der Waals surface area contributed by atoms with Gasteiger partial charge in [0.1, 0.15) is 0 Å². The topological polar surface area (TPSA) is 50.2 Å².